The first-order valence-electron chi connectivity index (χ1n) is 3.15. The lowest BCUT2D eigenvalue weighted by Crippen LogP contribution is -2.38. The van der Waals surface area contributed by atoms with Crippen molar-refractivity contribution in [3.05, 3.63) is 0 Å². The number of carbonyl (C=O) groups is 1. The van der Waals surface area contributed by atoms with Crippen LogP contribution in [0.25, 0.3) is 0 Å². The number of amides is 1. The Balaban J connectivity index is 3.97. The number of ether oxygens (including phenoxy) is 1. The maximum absolute atomic E-state index is 11.6. The molecule has 3 N–H and O–H groups in total. The van der Waals surface area contributed by atoms with Gasteiger partial charge in [0.1, 0.15) is 6.61 Å². The van der Waals surface area contributed by atoms with Gasteiger partial charge in [-0.2, -0.15) is 13.2 Å². The summed E-state index contributed by atoms with van der Waals surface area (Å²) in [7, 11) is -5.38. The molecular weight excluding hydrogens is 229 g/mol. The second-order valence-electron chi connectivity index (χ2n) is 2.01. The molecule has 0 atom stereocenters. The van der Waals surface area contributed by atoms with Crippen molar-refractivity contribution >= 4 is 16.1 Å². The molecule has 6 nitrogen and oxygen atoms in total. The van der Waals surface area contributed by atoms with Gasteiger partial charge in [-0.3, -0.25) is 0 Å². The molecule has 0 aliphatic carbocycles. The standard InChI is InChI=1S/C4H7F3N2O4S/c5-4(6,7)14(11,12)9-1-2-13-3(8)10/h9H,1-2H2,(H2,8,10). The number of hydrogen-bond acceptors (Lipinski definition) is 4. The average Bonchev–Trinajstić information content (AvgIpc) is 1.95. The molecule has 14 heavy (non-hydrogen) atoms. The van der Waals surface area contributed by atoms with Crippen LogP contribution in [-0.4, -0.2) is 33.2 Å². The summed E-state index contributed by atoms with van der Waals surface area (Å²) in [5.74, 6) is 0. The Kier molecular flexibility index (Phi) is 4.13. The molecule has 0 saturated carbocycles. The van der Waals surface area contributed by atoms with Gasteiger partial charge >= 0.3 is 21.6 Å². The lowest BCUT2D eigenvalue weighted by atomic mass is 10.7. The summed E-state index contributed by atoms with van der Waals surface area (Å²) in [5, 5.41) is 0. The Morgan fingerprint density at radius 1 is 1.43 bits per heavy atom. The zero-order chi connectivity index (χ0) is 11.4. The molecule has 0 rings (SSSR count). The molecule has 0 heterocycles. The Labute approximate surface area is 77.3 Å². The normalized spacial score (nSPS) is 12.5. The maximum atomic E-state index is 11.6. The second-order valence-corrected chi connectivity index (χ2v) is 3.77. The van der Waals surface area contributed by atoms with E-state index in [1.165, 1.54) is 4.72 Å². The van der Waals surface area contributed by atoms with Crippen LogP contribution in [0.15, 0.2) is 0 Å². The molecule has 0 radical (unpaired) electrons. The number of carbonyl (C=O) groups excluding carboxylic acids is 1. The third kappa shape index (κ3) is 4.28. The van der Waals surface area contributed by atoms with Crippen LogP contribution in [-0.2, 0) is 14.8 Å². The number of nitrogens with one attached hydrogen (secondary N) is 1. The van der Waals surface area contributed by atoms with E-state index in [4.69, 9.17) is 0 Å². The van der Waals surface area contributed by atoms with E-state index >= 15 is 0 Å². The second kappa shape index (κ2) is 4.46. The van der Waals surface area contributed by atoms with Crippen LogP contribution in [0.5, 0.6) is 0 Å². The third-order valence-corrected chi connectivity index (χ3v) is 2.14. The minimum Gasteiger partial charge on any atom is -0.448 e. The van der Waals surface area contributed by atoms with E-state index in [-0.39, 0.29) is 0 Å². The number of primary amides is 1. The molecule has 1 amide bonds. The van der Waals surface area contributed by atoms with Gasteiger partial charge in [-0.1, -0.05) is 0 Å². The number of halogens is 3. The summed E-state index contributed by atoms with van der Waals surface area (Å²) in [5.41, 5.74) is -0.908. The molecular formula is C4H7F3N2O4S. The predicted molar refractivity (Wildman–Crippen MR) is 38.5 cm³/mol. The summed E-state index contributed by atoms with van der Waals surface area (Å²) < 4.78 is 60.7. The number of alkyl halides is 3. The average molecular weight is 236 g/mol. The minimum absolute atomic E-state index is 0.565. The van der Waals surface area contributed by atoms with E-state index in [0.29, 0.717) is 0 Å². The lowest BCUT2D eigenvalue weighted by molar-refractivity contribution is -0.0448. The van der Waals surface area contributed by atoms with E-state index < -0.39 is 34.8 Å². The van der Waals surface area contributed by atoms with Crippen LogP contribution in [0.1, 0.15) is 0 Å². The van der Waals surface area contributed by atoms with E-state index in [1.54, 1.807) is 0 Å². The summed E-state index contributed by atoms with van der Waals surface area (Å²) in [6, 6.07) is 0. The van der Waals surface area contributed by atoms with Crippen molar-refractivity contribution in [2.75, 3.05) is 13.2 Å². The molecule has 0 fully saturated rings. The van der Waals surface area contributed by atoms with Crippen molar-refractivity contribution in [3.8, 4) is 0 Å². The van der Waals surface area contributed by atoms with Crippen molar-refractivity contribution in [3.63, 3.8) is 0 Å². The van der Waals surface area contributed by atoms with E-state index in [0.717, 1.165) is 0 Å². The van der Waals surface area contributed by atoms with Gasteiger partial charge < -0.3 is 10.5 Å². The zero-order valence-electron chi connectivity index (χ0n) is 6.67. The zero-order valence-corrected chi connectivity index (χ0v) is 7.48. The molecule has 0 aromatic heterocycles. The Hall–Kier alpha value is -1.03. The summed E-state index contributed by atoms with van der Waals surface area (Å²) >= 11 is 0. The SMILES string of the molecule is NC(=O)OCCNS(=O)(=O)C(F)(F)F. The van der Waals surface area contributed by atoms with E-state index in [2.05, 4.69) is 10.5 Å². The molecule has 0 aliphatic rings. The van der Waals surface area contributed by atoms with Crippen LogP contribution in [0, 0.1) is 0 Å². The first-order valence-corrected chi connectivity index (χ1v) is 4.63. The van der Waals surface area contributed by atoms with Crippen molar-refractivity contribution < 1.29 is 31.1 Å². The van der Waals surface area contributed by atoms with Crippen molar-refractivity contribution in [1.29, 1.82) is 0 Å². The number of hydrogen-bond donors (Lipinski definition) is 2. The highest BCUT2D eigenvalue weighted by molar-refractivity contribution is 7.90. The maximum Gasteiger partial charge on any atom is 0.511 e. The van der Waals surface area contributed by atoms with Crippen LogP contribution < -0.4 is 10.5 Å². The summed E-state index contributed by atoms with van der Waals surface area (Å²) in [6.45, 7) is -1.25. The Morgan fingerprint density at radius 3 is 2.29 bits per heavy atom. The molecule has 10 heteroatoms. The Bertz CT molecular complexity index is 298. The highest BCUT2D eigenvalue weighted by Crippen LogP contribution is 2.21. The van der Waals surface area contributed by atoms with Gasteiger partial charge in [-0.25, -0.2) is 17.9 Å². The number of rotatable bonds is 4. The molecule has 0 saturated heterocycles. The molecule has 0 bridgehead atoms. The smallest absolute Gasteiger partial charge is 0.448 e. The number of nitrogens with two attached hydrogens (primary N) is 1. The molecule has 0 aromatic rings. The van der Waals surface area contributed by atoms with Gasteiger partial charge in [0.05, 0.1) is 0 Å². The summed E-state index contributed by atoms with van der Waals surface area (Å²) in [4.78, 5) is 9.92. The molecule has 84 valence electrons. The van der Waals surface area contributed by atoms with Crippen molar-refractivity contribution in [1.82, 2.24) is 4.72 Å². The molecule has 0 aromatic carbocycles. The molecule has 0 aliphatic heterocycles. The quantitative estimate of drug-likeness (QED) is 0.644. The van der Waals surface area contributed by atoms with E-state index in [1.807, 2.05) is 0 Å². The fourth-order valence-electron chi connectivity index (χ4n) is 0.409. The fraction of sp³-hybridized carbons (Fsp3) is 0.750. The highest BCUT2D eigenvalue weighted by Gasteiger charge is 2.45. The summed E-state index contributed by atoms with van der Waals surface area (Å²) in [6.07, 6.45) is -1.20. The van der Waals surface area contributed by atoms with Gasteiger partial charge in [0.15, 0.2) is 0 Å². The molecule has 0 spiro atoms. The number of sulfonamides is 1. The fourth-order valence-corrected chi connectivity index (χ4v) is 0.925. The van der Waals surface area contributed by atoms with Gasteiger partial charge in [0.25, 0.3) is 0 Å². The first-order chi connectivity index (χ1) is 6.17. The topological polar surface area (TPSA) is 98.5 Å². The largest absolute Gasteiger partial charge is 0.511 e. The van der Waals surface area contributed by atoms with Gasteiger partial charge in [0, 0.05) is 6.54 Å². The van der Waals surface area contributed by atoms with Crippen LogP contribution in [0.2, 0.25) is 0 Å². The van der Waals surface area contributed by atoms with Crippen molar-refractivity contribution in [2.24, 2.45) is 5.73 Å². The first kappa shape index (κ1) is 13.0. The van der Waals surface area contributed by atoms with Crippen LogP contribution >= 0.6 is 0 Å². The Morgan fingerprint density at radius 2 is 1.93 bits per heavy atom. The van der Waals surface area contributed by atoms with Crippen LogP contribution in [0.4, 0.5) is 18.0 Å². The highest BCUT2D eigenvalue weighted by atomic mass is 32.2. The van der Waals surface area contributed by atoms with Gasteiger partial charge in [0.2, 0.25) is 0 Å². The third-order valence-electron chi connectivity index (χ3n) is 0.943. The van der Waals surface area contributed by atoms with Gasteiger partial charge in [-0.05, 0) is 0 Å². The monoisotopic (exact) mass is 236 g/mol. The van der Waals surface area contributed by atoms with Crippen LogP contribution in [0.3, 0.4) is 0 Å². The minimum atomic E-state index is -5.38. The van der Waals surface area contributed by atoms with Crippen molar-refractivity contribution in [2.45, 2.75) is 5.51 Å². The van der Waals surface area contributed by atoms with Gasteiger partial charge in [-0.15, -0.1) is 0 Å². The van der Waals surface area contributed by atoms with E-state index in [9.17, 15) is 26.4 Å². The molecule has 0 unspecified atom stereocenters. The predicted octanol–water partition coefficient (Wildman–Crippen LogP) is -0.479. The lowest BCUT2D eigenvalue weighted by Gasteiger charge is -2.08.